The van der Waals surface area contributed by atoms with E-state index in [1.165, 1.54) is 6.08 Å². The summed E-state index contributed by atoms with van der Waals surface area (Å²) in [4.78, 5) is 11.7. The number of hydrogen-bond donors (Lipinski definition) is 0. The predicted molar refractivity (Wildman–Crippen MR) is 45.1 cm³/mol. The van der Waals surface area contributed by atoms with Crippen LogP contribution in [0, 0.1) is 0 Å². The van der Waals surface area contributed by atoms with Gasteiger partial charge in [0.25, 0.3) is 0 Å². The summed E-state index contributed by atoms with van der Waals surface area (Å²) in [7, 11) is 3.91. The van der Waals surface area contributed by atoms with Crippen molar-refractivity contribution >= 4 is 6.29 Å². The van der Waals surface area contributed by atoms with Crippen LogP contribution in [-0.2, 0) is 4.79 Å². The van der Waals surface area contributed by atoms with Crippen molar-refractivity contribution in [3.63, 3.8) is 0 Å². The van der Waals surface area contributed by atoms with Gasteiger partial charge in [-0.05, 0) is 20.2 Å². The molecule has 0 fully saturated rings. The van der Waals surface area contributed by atoms with Crippen LogP contribution >= 0.6 is 0 Å². The molecule has 0 rings (SSSR count). The Morgan fingerprint density at radius 3 is 2.10 bits per heavy atom. The molecule has 0 radical (unpaired) electrons. The zero-order chi connectivity index (χ0) is 8.41. The maximum absolute atomic E-state index is 9.68. The molecule has 10 heavy (non-hydrogen) atoms. The van der Waals surface area contributed by atoms with E-state index >= 15 is 0 Å². The van der Waals surface area contributed by atoms with E-state index in [0.717, 1.165) is 12.8 Å². The number of likely N-dealkylation sites (N-methyl/N-ethyl adjacent to an activating group) is 1. The molecule has 0 aromatic carbocycles. The highest BCUT2D eigenvalue weighted by Crippen LogP contribution is 1.73. The summed E-state index contributed by atoms with van der Waals surface area (Å²) in [6.45, 7) is 4.83. The molecule has 0 bridgehead atoms. The number of aldehydes is 1. The number of nitrogens with zero attached hydrogens (tertiary/aromatic N) is 1. The Labute approximate surface area is 63.5 Å². The zero-order valence-electron chi connectivity index (χ0n) is 7.29. The summed E-state index contributed by atoms with van der Waals surface area (Å²) in [6, 6.07) is 0. The fourth-order valence-electron chi connectivity index (χ4n) is 0.327. The van der Waals surface area contributed by atoms with Crippen LogP contribution in [0.1, 0.15) is 13.8 Å². The lowest BCUT2D eigenvalue weighted by Crippen LogP contribution is -2.10. The quantitative estimate of drug-likeness (QED) is 0.439. The van der Waals surface area contributed by atoms with Gasteiger partial charge in [-0.15, -0.1) is 0 Å². The van der Waals surface area contributed by atoms with E-state index in [1.807, 2.05) is 38.9 Å². The van der Waals surface area contributed by atoms with Crippen molar-refractivity contribution in [3.8, 4) is 0 Å². The first-order chi connectivity index (χ1) is 4.77. The Morgan fingerprint density at radius 2 is 1.80 bits per heavy atom. The van der Waals surface area contributed by atoms with Gasteiger partial charge >= 0.3 is 0 Å². The first-order valence-electron chi connectivity index (χ1n) is 3.52. The fourth-order valence-corrected chi connectivity index (χ4v) is 0.327. The third-order valence-electron chi connectivity index (χ3n) is 0.685. The third kappa shape index (κ3) is 15.7. The molecule has 0 aliphatic heterocycles. The van der Waals surface area contributed by atoms with Gasteiger partial charge < -0.3 is 4.90 Å². The van der Waals surface area contributed by atoms with Gasteiger partial charge in [-0.3, -0.25) is 4.79 Å². The van der Waals surface area contributed by atoms with Crippen LogP contribution < -0.4 is 0 Å². The molecule has 0 spiro atoms. The summed E-state index contributed by atoms with van der Waals surface area (Å²) in [5, 5.41) is 0. The van der Waals surface area contributed by atoms with Crippen molar-refractivity contribution in [1.82, 2.24) is 4.90 Å². The Kier molecular flexibility index (Phi) is 13.5. The molecule has 0 N–H and O–H groups in total. The minimum atomic E-state index is 0.781. The molecule has 0 aliphatic rings. The number of rotatable bonds is 3. The second kappa shape index (κ2) is 11.2. The minimum absolute atomic E-state index is 0.781. The molecule has 2 heteroatoms. The van der Waals surface area contributed by atoms with E-state index in [0.29, 0.717) is 0 Å². The zero-order valence-corrected chi connectivity index (χ0v) is 7.29. The van der Waals surface area contributed by atoms with Gasteiger partial charge in [0.2, 0.25) is 0 Å². The van der Waals surface area contributed by atoms with E-state index in [9.17, 15) is 4.79 Å². The van der Waals surface area contributed by atoms with Crippen LogP contribution in [0.2, 0.25) is 0 Å². The van der Waals surface area contributed by atoms with Crippen molar-refractivity contribution in [1.29, 1.82) is 0 Å². The SMILES string of the molecule is CC.CN(C)C/C=C/C=O. The van der Waals surface area contributed by atoms with E-state index in [2.05, 4.69) is 0 Å². The number of carbonyl (C=O) groups is 1. The molecule has 0 heterocycles. The lowest BCUT2D eigenvalue weighted by atomic mass is 10.5. The second-order valence-corrected chi connectivity index (χ2v) is 1.83. The van der Waals surface area contributed by atoms with Gasteiger partial charge in [0.15, 0.2) is 0 Å². The van der Waals surface area contributed by atoms with Crippen LogP contribution in [0.25, 0.3) is 0 Å². The third-order valence-corrected chi connectivity index (χ3v) is 0.685. The fraction of sp³-hybridized carbons (Fsp3) is 0.625. The Balaban J connectivity index is 0. The summed E-state index contributed by atoms with van der Waals surface area (Å²) < 4.78 is 0. The monoisotopic (exact) mass is 143 g/mol. The Bertz CT molecular complexity index is 87.3. The summed E-state index contributed by atoms with van der Waals surface area (Å²) in [6.07, 6.45) is 4.09. The highest BCUT2D eigenvalue weighted by Gasteiger charge is 1.78. The summed E-state index contributed by atoms with van der Waals surface area (Å²) in [5.74, 6) is 0. The molecule has 0 amide bonds. The molecule has 0 atom stereocenters. The molecular formula is C8H17NO. The minimum Gasteiger partial charge on any atom is -0.306 e. The first-order valence-corrected chi connectivity index (χ1v) is 3.52. The van der Waals surface area contributed by atoms with Gasteiger partial charge in [0.05, 0.1) is 0 Å². The van der Waals surface area contributed by atoms with E-state index < -0.39 is 0 Å². The van der Waals surface area contributed by atoms with Crippen molar-refractivity contribution < 1.29 is 4.79 Å². The smallest absolute Gasteiger partial charge is 0.142 e. The molecule has 0 unspecified atom stereocenters. The van der Waals surface area contributed by atoms with Gasteiger partial charge in [-0.25, -0.2) is 0 Å². The van der Waals surface area contributed by atoms with E-state index in [-0.39, 0.29) is 0 Å². The lowest BCUT2D eigenvalue weighted by Gasteiger charge is -2.01. The van der Waals surface area contributed by atoms with Crippen molar-refractivity contribution in [2.75, 3.05) is 20.6 Å². The topological polar surface area (TPSA) is 20.3 Å². The van der Waals surface area contributed by atoms with Gasteiger partial charge in [-0.2, -0.15) is 0 Å². The predicted octanol–water partition coefficient (Wildman–Crippen LogP) is 1.33. The molecule has 2 nitrogen and oxygen atoms in total. The van der Waals surface area contributed by atoms with Crippen LogP contribution in [0.4, 0.5) is 0 Å². The molecule has 0 aromatic rings. The van der Waals surface area contributed by atoms with Crippen LogP contribution in [0.15, 0.2) is 12.2 Å². The molecular weight excluding hydrogens is 126 g/mol. The van der Waals surface area contributed by atoms with Gasteiger partial charge in [0.1, 0.15) is 6.29 Å². The summed E-state index contributed by atoms with van der Waals surface area (Å²) >= 11 is 0. The van der Waals surface area contributed by atoms with E-state index in [4.69, 9.17) is 0 Å². The maximum Gasteiger partial charge on any atom is 0.142 e. The standard InChI is InChI=1S/C6H11NO.C2H6/c1-7(2)5-3-4-6-8;1-2/h3-4,6H,5H2,1-2H3;1-2H3/b4-3+;. The second-order valence-electron chi connectivity index (χ2n) is 1.83. The van der Waals surface area contributed by atoms with Crippen LogP contribution in [-0.4, -0.2) is 31.8 Å². The maximum atomic E-state index is 9.68. The molecule has 0 saturated heterocycles. The van der Waals surface area contributed by atoms with Crippen molar-refractivity contribution in [2.24, 2.45) is 0 Å². The normalized spacial score (nSPS) is 9.30. The van der Waals surface area contributed by atoms with Crippen LogP contribution in [0.3, 0.4) is 0 Å². The highest BCUT2D eigenvalue weighted by atomic mass is 16.1. The summed E-state index contributed by atoms with van der Waals surface area (Å²) in [5.41, 5.74) is 0. The Hall–Kier alpha value is -0.630. The lowest BCUT2D eigenvalue weighted by molar-refractivity contribution is -0.104. The largest absolute Gasteiger partial charge is 0.306 e. The average molecular weight is 143 g/mol. The number of hydrogen-bond acceptors (Lipinski definition) is 2. The van der Waals surface area contributed by atoms with Gasteiger partial charge in [-0.1, -0.05) is 19.9 Å². The number of carbonyl (C=O) groups excluding carboxylic acids is 1. The van der Waals surface area contributed by atoms with Gasteiger partial charge in [0, 0.05) is 6.54 Å². The van der Waals surface area contributed by atoms with E-state index in [1.54, 1.807) is 0 Å². The number of allylic oxidation sites excluding steroid dienone is 1. The highest BCUT2D eigenvalue weighted by molar-refractivity contribution is 5.64. The van der Waals surface area contributed by atoms with Crippen molar-refractivity contribution in [2.45, 2.75) is 13.8 Å². The molecule has 0 saturated carbocycles. The first kappa shape index (κ1) is 12.1. The average Bonchev–Trinajstić information content (AvgIpc) is 1.92. The Morgan fingerprint density at radius 1 is 1.30 bits per heavy atom. The molecule has 0 aliphatic carbocycles. The molecule has 60 valence electrons. The van der Waals surface area contributed by atoms with Crippen molar-refractivity contribution in [3.05, 3.63) is 12.2 Å². The van der Waals surface area contributed by atoms with Crippen LogP contribution in [0.5, 0.6) is 0 Å². The molecule has 0 aromatic heterocycles.